The first-order chi connectivity index (χ1) is 8.32. The third kappa shape index (κ3) is 3.23. The van der Waals surface area contributed by atoms with E-state index < -0.39 is 0 Å². The van der Waals surface area contributed by atoms with Crippen LogP contribution in [0.15, 0.2) is 0 Å². The van der Waals surface area contributed by atoms with Crippen LogP contribution in [0, 0.1) is 5.41 Å². The normalized spacial score (nSPS) is 24.9. The van der Waals surface area contributed by atoms with Gasteiger partial charge in [0.25, 0.3) is 0 Å². The van der Waals surface area contributed by atoms with Crippen LogP contribution >= 0.6 is 0 Å². The molecule has 0 aromatic rings. The Balaban J connectivity index is 2.94. The van der Waals surface area contributed by atoms with E-state index in [4.69, 9.17) is 5.73 Å². The summed E-state index contributed by atoms with van der Waals surface area (Å²) >= 11 is 0. The minimum absolute atomic E-state index is 0.00294. The molecule has 1 heterocycles. The van der Waals surface area contributed by atoms with Gasteiger partial charge in [-0.1, -0.05) is 27.7 Å². The van der Waals surface area contributed by atoms with E-state index in [0.717, 1.165) is 25.8 Å². The molecule has 18 heavy (non-hydrogen) atoms. The van der Waals surface area contributed by atoms with Crippen LogP contribution in [0.2, 0.25) is 0 Å². The van der Waals surface area contributed by atoms with Crippen LogP contribution in [0.1, 0.15) is 47.0 Å². The number of carbonyl (C=O) groups is 1. The van der Waals surface area contributed by atoms with E-state index >= 15 is 0 Å². The summed E-state index contributed by atoms with van der Waals surface area (Å²) in [6.45, 7) is 9.74. The number of rotatable bonds is 4. The van der Waals surface area contributed by atoms with Crippen LogP contribution < -0.4 is 11.1 Å². The van der Waals surface area contributed by atoms with E-state index in [2.05, 4.69) is 37.9 Å². The van der Waals surface area contributed by atoms with Crippen LogP contribution in [0.5, 0.6) is 0 Å². The monoisotopic (exact) mass is 255 g/mol. The molecule has 3 N–H and O–H groups in total. The SMILES string of the molecule is CCC(N)C(N1CCCC1C(=O)NC)C(C)(C)C. The lowest BCUT2D eigenvalue weighted by atomic mass is 9.80. The quantitative estimate of drug-likeness (QED) is 0.797. The van der Waals surface area contributed by atoms with Crippen LogP contribution in [0.25, 0.3) is 0 Å². The van der Waals surface area contributed by atoms with Crippen molar-refractivity contribution in [1.82, 2.24) is 10.2 Å². The first-order valence-electron chi connectivity index (χ1n) is 7.05. The molecule has 0 aromatic carbocycles. The Hall–Kier alpha value is -0.610. The fourth-order valence-corrected chi connectivity index (χ4v) is 3.18. The lowest BCUT2D eigenvalue weighted by Gasteiger charge is -2.43. The predicted molar refractivity (Wildman–Crippen MR) is 75.3 cm³/mol. The Bertz CT molecular complexity index is 285. The number of likely N-dealkylation sites (N-methyl/N-ethyl adjacent to an activating group) is 1. The summed E-state index contributed by atoms with van der Waals surface area (Å²) in [5.41, 5.74) is 6.40. The highest BCUT2D eigenvalue weighted by Crippen LogP contribution is 2.33. The Kier molecular flexibility index (Phi) is 5.17. The average Bonchev–Trinajstić information content (AvgIpc) is 2.74. The summed E-state index contributed by atoms with van der Waals surface area (Å²) in [5, 5.41) is 2.78. The minimum atomic E-state index is -0.00294. The van der Waals surface area contributed by atoms with Gasteiger partial charge in [0.1, 0.15) is 0 Å². The molecule has 0 bridgehead atoms. The van der Waals surface area contributed by atoms with Crippen LogP contribution in [0.3, 0.4) is 0 Å². The van der Waals surface area contributed by atoms with Crippen molar-refractivity contribution in [3.8, 4) is 0 Å². The Morgan fingerprint density at radius 3 is 2.56 bits per heavy atom. The summed E-state index contributed by atoms with van der Waals surface area (Å²) in [5.74, 6) is 0.130. The molecule has 1 aliphatic heterocycles. The fourth-order valence-electron chi connectivity index (χ4n) is 3.18. The van der Waals surface area contributed by atoms with Crippen LogP contribution in [-0.4, -0.2) is 42.5 Å². The van der Waals surface area contributed by atoms with Gasteiger partial charge in [-0.25, -0.2) is 0 Å². The average molecular weight is 255 g/mol. The van der Waals surface area contributed by atoms with Crippen molar-refractivity contribution in [3.05, 3.63) is 0 Å². The number of nitrogens with two attached hydrogens (primary N) is 1. The zero-order valence-corrected chi connectivity index (χ0v) is 12.5. The second-order valence-electron chi connectivity index (χ2n) is 6.39. The molecular weight excluding hydrogens is 226 g/mol. The maximum absolute atomic E-state index is 12.0. The highest BCUT2D eigenvalue weighted by Gasteiger charge is 2.42. The van der Waals surface area contributed by atoms with Crippen LogP contribution in [-0.2, 0) is 4.79 Å². The largest absolute Gasteiger partial charge is 0.358 e. The molecule has 1 fully saturated rings. The molecule has 1 aliphatic rings. The molecule has 1 amide bonds. The second-order valence-corrected chi connectivity index (χ2v) is 6.39. The highest BCUT2D eigenvalue weighted by atomic mass is 16.2. The number of nitrogens with zero attached hydrogens (tertiary/aromatic N) is 1. The van der Waals surface area contributed by atoms with Crippen molar-refractivity contribution in [2.24, 2.45) is 11.1 Å². The molecule has 0 aliphatic carbocycles. The highest BCUT2D eigenvalue weighted by molar-refractivity contribution is 5.81. The Morgan fingerprint density at radius 1 is 1.50 bits per heavy atom. The van der Waals surface area contributed by atoms with E-state index in [9.17, 15) is 4.79 Å². The third-order valence-electron chi connectivity index (χ3n) is 3.96. The van der Waals surface area contributed by atoms with Gasteiger partial charge in [-0.05, 0) is 31.2 Å². The van der Waals surface area contributed by atoms with Crippen molar-refractivity contribution < 1.29 is 4.79 Å². The smallest absolute Gasteiger partial charge is 0.237 e. The van der Waals surface area contributed by atoms with E-state index in [1.165, 1.54) is 0 Å². The molecule has 4 heteroatoms. The molecule has 0 saturated carbocycles. The van der Waals surface area contributed by atoms with E-state index in [1.54, 1.807) is 7.05 Å². The topological polar surface area (TPSA) is 58.4 Å². The molecule has 0 radical (unpaired) electrons. The third-order valence-corrected chi connectivity index (χ3v) is 3.96. The van der Waals surface area contributed by atoms with E-state index in [0.29, 0.717) is 0 Å². The predicted octanol–water partition coefficient (Wildman–Crippen LogP) is 1.35. The molecular formula is C14H29N3O. The van der Waals surface area contributed by atoms with E-state index in [-0.39, 0.29) is 29.4 Å². The summed E-state index contributed by atoms with van der Waals surface area (Å²) in [6.07, 6.45) is 2.97. The molecule has 0 aromatic heterocycles. The Morgan fingerprint density at radius 2 is 2.11 bits per heavy atom. The van der Waals surface area contributed by atoms with Gasteiger partial charge in [-0.3, -0.25) is 9.69 Å². The lowest BCUT2D eigenvalue weighted by molar-refractivity contribution is -0.126. The number of amides is 1. The van der Waals surface area contributed by atoms with Gasteiger partial charge in [0, 0.05) is 19.1 Å². The number of hydrogen-bond donors (Lipinski definition) is 2. The van der Waals surface area contributed by atoms with Gasteiger partial charge < -0.3 is 11.1 Å². The fraction of sp³-hybridized carbons (Fsp3) is 0.929. The lowest BCUT2D eigenvalue weighted by Crippen LogP contribution is -2.58. The molecule has 1 saturated heterocycles. The van der Waals surface area contributed by atoms with Crippen molar-refractivity contribution in [3.63, 3.8) is 0 Å². The number of hydrogen-bond acceptors (Lipinski definition) is 3. The van der Waals surface area contributed by atoms with E-state index in [1.807, 2.05) is 0 Å². The Labute approximate surface area is 111 Å². The van der Waals surface area contributed by atoms with Crippen molar-refractivity contribution >= 4 is 5.91 Å². The molecule has 3 atom stereocenters. The molecule has 106 valence electrons. The number of carbonyl (C=O) groups excluding carboxylic acids is 1. The van der Waals surface area contributed by atoms with Crippen molar-refractivity contribution in [2.75, 3.05) is 13.6 Å². The second kappa shape index (κ2) is 6.02. The van der Waals surface area contributed by atoms with Gasteiger partial charge in [-0.15, -0.1) is 0 Å². The van der Waals surface area contributed by atoms with Gasteiger partial charge in [0.05, 0.1) is 6.04 Å². The maximum Gasteiger partial charge on any atom is 0.237 e. The first-order valence-corrected chi connectivity index (χ1v) is 7.05. The minimum Gasteiger partial charge on any atom is -0.358 e. The standard InChI is InChI=1S/C14H29N3O/c1-6-10(15)12(14(2,3)4)17-9-7-8-11(17)13(18)16-5/h10-12H,6-9,15H2,1-5H3,(H,16,18). The zero-order valence-electron chi connectivity index (χ0n) is 12.5. The van der Waals surface area contributed by atoms with Crippen molar-refractivity contribution in [2.45, 2.75) is 65.1 Å². The maximum atomic E-state index is 12.0. The summed E-state index contributed by atoms with van der Waals surface area (Å²) < 4.78 is 0. The molecule has 3 unspecified atom stereocenters. The number of likely N-dealkylation sites (tertiary alicyclic amines) is 1. The van der Waals surface area contributed by atoms with Crippen molar-refractivity contribution in [1.29, 1.82) is 0 Å². The molecule has 0 spiro atoms. The van der Waals surface area contributed by atoms with Gasteiger partial charge >= 0.3 is 0 Å². The summed E-state index contributed by atoms with van der Waals surface area (Å²) in [4.78, 5) is 14.3. The summed E-state index contributed by atoms with van der Waals surface area (Å²) in [6, 6.07) is 0.374. The first kappa shape index (κ1) is 15.4. The molecule has 1 rings (SSSR count). The van der Waals surface area contributed by atoms with Gasteiger partial charge in [0.15, 0.2) is 0 Å². The molecule has 4 nitrogen and oxygen atoms in total. The van der Waals surface area contributed by atoms with Gasteiger partial charge in [-0.2, -0.15) is 0 Å². The summed E-state index contributed by atoms with van der Waals surface area (Å²) in [7, 11) is 1.71. The van der Waals surface area contributed by atoms with Gasteiger partial charge in [0.2, 0.25) is 5.91 Å². The number of nitrogens with one attached hydrogen (secondary N) is 1. The van der Waals surface area contributed by atoms with Crippen LogP contribution in [0.4, 0.5) is 0 Å². The zero-order chi connectivity index (χ0) is 13.9.